The van der Waals surface area contributed by atoms with E-state index >= 15 is 0 Å². The molecule has 0 aromatic rings. The highest BCUT2D eigenvalue weighted by Crippen LogP contribution is 2.30. The third-order valence-corrected chi connectivity index (χ3v) is 15.4. The number of hydrogen-bond donors (Lipinski definition) is 0. The van der Waals surface area contributed by atoms with Crippen LogP contribution < -0.4 is 0 Å². The van der Waals surface area contributed by atoms with E-state index in [1.807, 2.05) is 6.92 Å². The van der Waals surface area contributed by atoms with Crippen LogP contribution in [0.2, 0.25) is 65.0 Å². The monoisotopic (exact) mass is 442 g/mol. The summed E-state index contributed by atoms with van der Waals surface area (Å²) in [6.45, 7) is 21.9. The van der Waals surface area contributed by atoms with Crippen molar-refractivity contribution in [3.63, 3.8) is 0 Å². The molecule has 0 aromatic carbocycles. The first-order chi connectivity index (χ1) is 11.1. The Morgan fingerprint density at radius 2 is 1.20 bits per heavy atom. The molecule has 0 aliphatic heterocycles. The highest BCUT2D eigenvalue weighted by molar-refractivity contribution is 8.13. The van der Waals surface area contributed by atoms with Crippen LogP contribution in [0.1, 0.15) is 13.3 Å². The fraction of sp³-hybridized carbons (Fsp3) is 0.933. The van der Waals surface area contributed by atoms with Gasteiger partial charge in [0.05, 0.1) is 6.61 Å². The molecule has 5 nitrogen and oxygen atoms in total. The van der Waals surface area contributed by atoms with E-state index in [1.54, 1.807) is 0 Å². The molecule has 10 heteroatoms. The Labute approximate surface area is 163 Å². The first-order valence-electron chi connectivity index (χ1n) is 8.98. The lowest BCUT2D eigenvalue weighted by atomic mass is 10.6. The van der Waals surface area contributed by atoms with E-state index in [2.05, 4.69) is 58.9 Å². The first-order valence-corrected chi connectivity index (χ1v) is 22.1. The van der Waals surface area contributed by atoms with Crippen molar-refractivity contribution in [1.29, 1.82) is 0 Å². The summed E-state index contributed by atoms with van der Waals surface area (Å²) >= 11 is 1.22. The van der Waals surface area contributed by atoms with Crippen LogP contribution in [0.5, 0.6) is 0 Å². The molecular weight excluding hydrogens is 405 g/mol. The van der Waals surface area contributed by atoms with Gasteiger partial charge in [0, 0.05) is 11.8 Å². The van der Waals surface area contributed by atoms with E-state index < -0.39 is 33.8 Å². The predicted octanol–water partition coefficient (Wildman–Crippen LogP) is 5.76. The van der Waals surface area contributed by atoms with E-state index in [0.29, 0.717) is 12.4 Å². The van der Waals surface area contributed by atoms with E-state index in [0.717, 1.165) is 12.5 Å². The second kappa shape index (κ2) is 10.2. The average Bonchev–Trinajstić information content (AvgIpc) is 2.28. The summed E-state index contributed by atoms with van der Waals surface area (Å²) in [5, 5.41) is -0.210. The maximum atomic E-state index is 11.5. The highest BCUT2D eigenvalue weighted by atomic mass is 32.2. The minimum absolute atomic E-state index is 0.210. The summed E-state index contributed by atoms with van der Waals surface area (Å²) in [5.74, 6) is 0.701. The second-order valence-electron chi connectivity index (χ2n) is 8.96. The Morgan fingerprint density at radius 3 is 1.52 bits per heavy atom. The van der Waals surface area contributed by atoms with Crippen molar-refractivity contribution < 1.29 is 21.9 Å². The molecule has 0 rings (SSSR count). The third kappa shape index (κ3) is 14.3. The minimum atomic E-state index is -2.77. The highest BCUT2D eigenvalue weighted by Gasteiger charge is 2.49. The fourth-order valence-electron chi connectivity index (χ4n) is 2.22. The topological polar surface area (TPSA) is 54.0 Å². The number of rotatable bonds is 11. The molecular formula is C15H38O5SSi4. The van der Waals surface area contributed by atoms with E-state index in [4.69, 9.17) is 17.1 Å². The van der Waals surface area contributed by atoms with Crippen LogP contribution in [0.15, 0.2) is 0 Å². The minimum Gasteiger partial charge on any atom is -0.458 e. The molecule has 0 heterocycles. The normalized spacial score (nSPS) is 13.8. The number of carbonyl (C=O) groups is 1. The number of hydrogen-bond acceptors (Lipinski definition) is 6. The van der Waals surface area contributed by atoms with Crippen LogP contribution in [-0.4, -0.2) is 51.4 Å². The second-order valence-corrected chi connectivity index (χ2v) is 27.0. The van der Waals surface area contributed by atoms with Crippen LogP contribution in [-0.2, 0) is 17.1 Å². The van der Waals surface area contributed by atoms with Crippen molar-refractivity contribution in [2.45, 2.75) is 78.3 Å². The zero-order valence-corrected chi connectivity index (χ0v) is 22.6. The van der Waals surface area contributed by atoms with Crippen LogP contribution in [0, 0.1) is 0 Å². The standard InChI is InChI=1S/C15H38O5SSi4/c1-11-17-15(16)21-13-12-14-25(18-22(2,3)4,19-23(5,6)7)20-24(8,9)10/h11-14H2,1-10H3. The van der Waals surface area contributed by atoms with Gasteiger partial charge in [0.1, 0.15) is 0 Å². The van der Waals surface area contributed by atoms with Crippen LogP contribution in [0.3, 0.4) is 0 Å². The molecule has 0 radical (unpaired) electrons. The predicted molar refractivity (Wildman–Crippen MR) is 118 cm³/mol. The quantitative estimate of drug-likeness (QED) is 0.230. The molecule has 0 saturated carbocycles. The molecule has 0 aliphatic carbocycles. The Hall–Kier alpha value is 0.568. The molecule has 0 amide bonds. The van der Waals surface area contributed by atoms with Gasteiger partial charge in [0.2, 0.25) is 0 Å². The SMILES string of the molecule is CCOC(=O)SCCC[Si](O[Si](C)(C)C)(O[Si](C)(C)C)O[Si](C)(C)C. The Kier molecular flexibility index (Phi) is 10.4. The Morgan fingerprint density at radius 1 is 0.800 bits per heavy atom. The fourth-order valence-corrected chi connectivity index (χ4v) is 17.8. The molecule has 0 aromatic heterocycles. The molecule has 0 spiro atoms. The zero-order valence-electron chi connectivity index (χ0n) is 17.8. The molecule has 150 valence electrons. The van der Waals surface area contributed by atoms with Gasteiger partial charge in [-0.15, -0.1) is 0 Å². The van der Waals surface area contributed by atoms with Gasteiger partial charge in [-0.2, -0.15) is 0 Å². The maximum absolute atomic E-state index is 11.5. The summed E-state index contributed by atoms with van der Waals surface area (Å²) in [6.07, 6.45) is 0.829. The van der Waals surface area contributed by atoms with Crippen molar-refractivity contribution in [2.24, 2.45) is 0 Å². The van der Waals surface area contributed by atoms with E-state index in [1.165, 1.54) is 11.8 Å². The number of carbonyl (C=O) groups excluding carboxylic acids is 1. The van der Waals surface area contributed by atoms with Crippen LogP contribution in [0.4, 0.5) is 4.79 Å². The Bertz CT molecular complexity index is 375. The summed E-state index contributed by atoms with van der Waals surface area (Å²) in [7, 11) is -8.26. The van der Waals surface area contributed by atoms with Gasteiger partial charge in [0.15, 0.2) is 25.0 Å². The number of ether oxygens (including phenoxy) is 1. The summed E-state index contributed by atoms with van der Waals surface area (Å²) < 4.78 is 24.8. The van der Waals surface area contributed by atoms with E-state index in [9.17, 15) is 4.79 Å². The average molecular weight is 443 g/mol. The molecule has 0 saturated heterocycles. The smallest absolute Gasteiger partial charge is 0.458 e. The van der Waals surface area contributed by atoms with E-state index in [-0.39, 0.29) is 5.30 Å². The molecule has 0 N–H and O–H groups in total. The summed E-state index contributed by atoms with van der Waals surface area (Å²) in [5.41, 5.74) is 0. The van der Waals surface area contributed by atoms with Crippen LogP contribution in [0.25, 0.3) is 0 Å². The lowest BCUT2D eigenvalue weighted by molar-refractivity contribution is 0.181. The lowest BCUT2D eigenvalue weighted by Crippen LogP contribution is -2.60. The van der Waals surface area contributed by atoms with Crippen molar-refractivity contribution >= 4 is 50.8 Å². The molecule has 0 bridgehead atoms. The van der Waals surface area contributed by atoms with Gasteiger partial charge in [-0.05, 0) is 84.0 Å². The van der Waals surface area contributed by atoms with Crippen molar-refractivity contribution in [3.8, 4) is 0 Å². The van der Waals surface area contributed by atoms with Gasteiger partial charge >= 0.3 is 14.1 Å². The van der Waals surface area contributed by atoms with Gasteiger partial charge < -0.3 is 17.1 Å². The largest absolute Gasteiger partial charge is 0.469 e. The molecule has 25 heavy (non-hydrogen) atoms. The van der Waals surface area contributed by atoms with Crippen molar-refractivity contribution in [3.05, 3.63) is 0 Å². The lowest BCUT2D eigenvalue weighted by Gasteiger charge is -2.42. The molecule has 0 atom stereocenters. The third-order valence-electron chi connectivity index (χ3n) is 2.49. The van der Waals surface area contributed by atoms with Gasteiger partial charge in [-0.25, -0.2) is 4.79 Å². The molecule has 0 unspecified atom stereocenters. The molecule has 0 fully saturated rings. The van der Waals surface area contributed by atoms with Crippen molar-refractivity contribution in [2.75, 3.05) is 12.4 Å². The number of thioether (sulfide) groups is 1. The maximum Gasteiger partial charge on any atom is 0.469 e. The Balaban J connectivity index is 5.20. The summed E-state index contributed by atoms with van der Waals surface area (Å²) in [4.78, 5) is 11.5. The first kappa shape index (κ1) is 25.6. The van der Waals surface area contributed by atoms with Gasteiger partial charge in [-0.3, -0.25) is 0 Å². The van der Waals surface area contributed by atoms with Crippen molar-refractivity contribution in [1.82, 2.24) is 0 Å². The van der Waals surface area contributed by atoms with Gasteiger partial charge in [0.25, 0.3) is 0 Å². The van der Waals surface area contributed by atoms with Gasteiger partial charge in [-0.1, -0.05) is 0 Å². The van der Waals surface area contributed by atoms with Crippen LogP contribution >= 0.6 is 11.8 Å². The summed E-state index contributed by atoms with van der Waals surface area (Å²) in [6, 6.07) is 0.762. The molecule has 0 aliphatic rings. The zero-order chi connectivity index (χ0) is 19.9.